The highest BCUT2D eigenvalue weighted by Gasteiger charge is 2.23. The van der Waals surface area contributed by atoms with Gasteiger partial charge >= 0.3 is 0 Å². The molecule has 0 aliphatic heterocycles. The zero-order valence-electron chi connectivity index (χ0n) is 7.00. The predicted molar refractivity (Wildman–Crippen MR) is 50.7 cm³/mol. The minimum absolute atomic E-state index is 0.276. The van der Waals surface area contributed by atoms with Gasteiger partial charge in [0, 0.05) is 15.7 Å². The summed E-state index contributed by atoms with van der Waals surface area (Å²) in [6, 6.07) is 4.63. The highest BCUT2D eigenvalue weighted by Crippen LogP contribution is 2.40. The van der Waals surface area contributed by atoms with Crippen molar-refractivity contribution in [3.05, 3.63) is 29.6 Å². The van der Waals surface area contributed by atoms with Crippen LogP contribution in [0.25, 0.3) is 0 Å². The maximum Gasteiger partial charge on any atom is 0.150 e. The molecule has 1 nitrogen and oxygen atoms in total. The second-order valence-corrected chi connectivity index (χ2v) is 4.47. The second kappa shape index (κ2) is 3.50. The Labute approximate surface area is 80.3 Å². The molecule has 0 unspecified atom stereocenters. The average Bonchev–Trinajstić information content (AvgIpc) is 2.92. The predicted octanol–water partition coefficient (Wildman–Crippen LogP) is 2.89. The summed E-state index contributed by atoms with van der Waals surface area (Å²) in [7, 11) is 0. The van der Waals surface area contributed by atoms with Crippen molar-refractivity contribution in [2.24, 2.45) is 0 Å². The Morgan fingerprint density at radius 1 is 1.46 bits per heavy atom. The molecule has 0 bridgehead atoms. The molecule has 1 aromatic carbocycles. The highest BCUT2D eigenvalue weighted by atomic mass is 32.2. The first kappa shape index (κ1) is 8.75. The first-order valence-corrected chi connectivity index (χ1v) is 5.09. The largest absolute Gasteiger partial charge is 0.298 e. The van der Waals surface area contributed by atoms with Gasteiger partial charge in [0.05, 0.1) is 0 Å². The molecular formula is C10H9FOS. The van der Waals surface area contributed by atoms with E-state index in [9.17, 15) is 9.18 Å². The number of hydrogen-bond acceptors (Lipinski definition) is 2. The van der Waals surface area contributed by atoms with Crippen molar-refractivity contribution >= 4 is 18.0 Å². The minimum atomic E-state index is -0.276. The summed E-state index contributed by atoms with van der Waals surface area (Å²) in [5.74, 6) is -0.276. The number of rotatable bonds is 3. The van der Waals surface area contributed by atoms with E-state index in [1.54, 1.807) is 23.9 Å². The SMILES string of the molecule is O=Cc1ccc(SC2CC2)c(F)c1. The summed E-state index contributed by atoms with van der Waals surface area (Å²) in [4.78, 5) is 11.0. The third-order valence-electron chi connectivity index (χ3n) is 1.91. The molecule has 0 saturated heterocycles. The normalized spacial score (nSPS) is 15.8. The van der Waals surface area contributed by atoms with Crippen LogP contribution in [0.15, 0.2) is 23.1 Å². The monoisotopic (exact) mass is 196 g/mol. The van der Waals surface area contributed by atoms with E-state index < -0.39 is 0 Å². The van der Waals surface area contributed by atoms with Crippen LogP contribution in [0.4, 0.5) is 4.39 Å². The van der Waals surface area contributed by atoms with Gasteiger partial charge < -0.3 is 0 Å². The molecule has 0 aromatic heterocycles. The molecule has 0 atom stereocenters. The van der Waals surface area contributed by atoms with Crippen LogP contribution in [0.2, 0.25) is 0 Å². The molecule has 0 radical (unpaired) electrons. The Kier molecular flexibility index (Phi) is 2.36. The maximum atomic E-state index is 13.2. The number of halogens is 1. The van der Waals surface area contributed by atoms with E-state index in [4.69, 9.17) is 0 Å². The molecule has 1 aromatic rings. The number of carbonyl (C=O) groups is 1. The molecule has 1 saturated carbocycles. The first-order chi connectivity index (χ1) is 6.29. The topological polar surface area (TPSA) is 17.1 Å². The van der Waals surface area contributed by atoms with Crippen molar-refractivity contribution in [1.82, 2.24) is 0 Å². The van der Waals surface area contributed by atoms with Crippen LogP contribution in [0.5, 0.6) is 0 Å². The summed E-state index contributed by atoms with van der Waals surface area (Å²) >= 11 is 1.56. The van der Waals surface area contributed by atoms with Gasteiger partial charge in [-0.15, -0.1) is 11.8 Å². The maximum absolute atomic E-state index is 13.2. The second-order valence-electron chi connectivity index (χ2n) is 3.12. The van der Waals surface area contributed by atoms with E-state index in [1.165, 1.54) is 18.9 Å². The van der Waals surface area contributed by atoms with E-state index in [0.717, 1.165) is 0 Å². The van der Waals surface area contributed by atoms with E-state index in [-0.39, 0.29) is 5.82 Å². The van der Waals surface area contributed by atoms with Crippen molar-refractivity contribution in [2.75, 3.05) is 0 Å². The molecule has 0 heterocycles. The standard InChI is InChI=1S/C10H9FOS/c11-9-5-7(6-12)1-4-10(9)13-8-2-3-8/h1,4-6,8H,2-3H2. The van der Waals surface area contributed by atoms with Gasteiger partial charge in [-0.05, 0) is 25.0 Å². The lowest BCUT2D eigenvalue weighted by Crippen LogP contribution is -1.86. The Morgan fingerprint density at radius 2 is 2.23 bits per heavy atom. The number of carbonyl (C=O) groups excluding carboxylic acids is 1. The van der Waals surface area contributed by atoms with Gasteiger partial charge in [0.25, 0.3) is 0 Å². The summed E-state index contributed by atoms with van der Waals surface area (Å²) in [5.41, 5.74) is 0.401. The molecular weight excluding hydrogens is 187 g/mol. The Hall–Kier alpha value is -0.830. The van der Waals surface area contributed by atoms with Crippen molar-refractivity contribution in [1.29, 1.82) is 0 Å². The third-order valence-corrected chi connectivity index (χ3v) is 3.30. The van der Waals surface area contributed by atoms with Crippen LogP contribution in [-0.4, -0.2) is 11.5 Å². The fourth-order valence-electron chi connectivity index (χ4n) is 1.05. The first-order valence-electron chi connectivity index (χ1n) is 4.21. The fourth-order valence-corrected chi connectivity index (χ4v) is 2.10. The van der Waals surface area contributed by atoms with Crippen molar-refractivity contribution in [3.8, 4) is 0 Å². The van der Waals surface area contributed by atoms with E-state index in [0.29, 0.717) is 22.0 Å². The van der Waals surface area contributed by atoms with Gasteiger partial charge in [-0.2, -0.15) is 0 Å². The van der Waals surface area contributed by atoms with Crippen molar-refractivity contribution in [3.63, 3.8) is 0 Å². The molecule has 2 rings (SSSR count). The van der Waals surface area contributed by atoms with Crippen LogP contribution in [0.3, 0.4) is 0 Å². The number of thioether (sulfide) groups is 1. The summed E-state index contributed by atoms with van der Waals surface area (Å²) in [6.45, 7) is 0. The van der Waals surface area contributed by atoms with Crippen molar-refractivity contribution in [2.45, 2.75) is 23.0 Å². The lowest BCUT2D eigenvalue weighted by atomic mass is 10.2. The number of hydrogen-bond donors (Lipinski definition) is 0. The summed E-state index contributed by atoms with van der Waals surface area (Å²) in [5, 5.41) is 0.594. The smallest absolute Gasteiger partial charge is 0.150 e. The van der Waals surface area contributed by atoms with Gasteiger partial charge in [0.1, 0.15) is 12.1 Å². The molecule has 0 amide bonds. The van der Waals surface area contributed by atoms with Gasteiger partial charge in [-0.1, -0.05) is 6.07 Å². The molecule has 0 N–H and O–H groups in total. The molecule has 0 spiro atoms. The van der Waals surface area contributed by atoms with Crippen LogP contribution in [-0.2, 0) is 0 Å². The third kappa shape index (κ3) is 2.10. The highest BCUT2D eigenvalue weighted by molar-refractivity contribution is 8.00. The summed E-state index contributed by atoms with van der Waals surface area (Å²) < 4.78 is 13.2. The Morgan fingerprint density at radius 3 is 2.77 bits per heavy atom. The summed E-state index contributed by atoms with van der Waals surface area (Å²) in [6.07, 6.45) is 3.02. The fraction of sp³-hybridized carbons (Fsp3) is 0.300. The lowest BCUT2D eigenvalue weighted by molar-refractivity contribution is 0.112. The molecule has 1 aliphatic rings. The van der Waals surface area contributed by atoms with E-state index in [2.05, 4.69) is 0 Å². The van der Waals surface area contributed by atoms with Gasteiger partial charge in [-0.3, -0.25) is 4.79 Å². The van der Waals surface area contributed by atoms with Gasteiger partial charge in [-0.25, -0.2) is 4.39 Å². The van der Waals surface area contributed by atoms with E-state index >= 15 is 0 Å². The average molecular weight is 196 g/mol. The Bertz CT molecular complexity index is 334. The van der Waals surface area contributed by atoms with E-state index in [1.807, 2.05) is 0 Å². The minimum Gasteiger partial charge on any atom is -0.298 e. The lowest BCUT2D eigenvalue weighted by Gasteiger charge is -2.01. The van der Waals surface area contributed by atoms with Crippen LogP contribution in [0, 0.1) is 5.82 Å². The Balaban J connectivity index is 2.20. The van der Waals surface area contributed by atoms with Crippen LogP contribution < -0.4 is 0 Å². The molecule has 1 fully saturated rings. The quantitative estimate of drug-likeness (QED) is 0.691. The van der Waals surface area contributed by atoms with Gasteiger partial charge in [0.15, 0.2) is 0 Å². The van der Waals surface area contributed by atoms with Crippen LogP contribution >= 0.6 is 11.8 Å². The molecule has 13 heavy (non-hydrogen) atoms. The van der Waals surface area contributed by atoms with Crippen LogP contribution in [0.1, 0.15) is 23.2 Å². The molecule has 3 heteroatoms. The zero-order valence-corrected chi connectivity index (χ0v) is 7.81. The van der Waals surface area contributed by atoms with Gasteiger partial charge in [0.2, 0.25) is 0 Å². The number of benzene rings is 1. The number of aldehydes is 1. The zero-order chi connectivity index (χ0) is 9.26. The molecule has 68 valence electrons. The molecule has 1 aliphatic carbocycles. The van der Waals surface area contributed by atoms with Crippen molar-refractivity contribution < 1.29 is 9.18 Å².